The van der Waals surface area contributed by atoms with Gasteiger partial charge in [-0.3, -0.25) is 0 Å². The molecule has 0 saturated heterocycles. The highest BCUT2D eigenvalue weighted by Gasteiger charge is 2.14. The minimum Gasteiger partial charge on any atom is -0.497 e. The van der Waals surface area contributed by atoms with Crippen LogP contribution in [0.2, 0.25) is 0 Å². The van der Waals surface area contributed by atoms with Gasteiger partial charge in [0.15, 0.2) is 0 Å². The second-order valence-corrected chi connectivity index (χ2v) is 7.07. The van der Waals surface area contributed by atoms with Crippen LogP contribution in [0.4, 0.5) is 0 Å². The molecule has 27 heavy (non-hydrogen) atoms. The Bertz CT molecular complexity index is 761. The van der Waals surface area contributed by atoms with E-state index in [9.17, 15) is 0 Å². The molecule has 1 atom stereocenters. The average Bonchev–Trinajstić information content (AvgIpc) is 2.72. The maximum absolute atomic E-state index is 5.33. The highest BCUT2D eigenvalue weighted by atomic mass is 16.5. The zero-order valence-electron chi connectivity index (χ0n) is 16.3. The number of benzene rings is 3. The third kappa shape index (κ3) is 5.70. The quantitative estimate of drug-likeness (QED) is 0.549. The van der Waals surface area contributed by atoms with Crippen molar-refractivity contribution < 1.29 is 4.74 Å². The average molecular weight is 360 g/mol. The fourth-order valence-electron chi connectivity index (χ4n) is 3.60. The molecule has 2 heteroatoms. The van der Waals surface area contributed by atoms with E-state index >= 15 is 0 Å². The molecule has 0 fully saturated rings. The van der Waals surface area contributed by atoms with E-state index in [2.05, 4.69) is 91.1 Å². The number of hydrogen-bond acceptors (Lipinski definition) is 2. The maximum atomic E-state index is 5.33. The predicted molar refractivity (Wildman–Crippen MR) is 114 cm³/mol. The lowest BCUT2D eigenvalue weighted by Crippen LogP contribution is -2.30. The van der Waals surface area contributed by atoms with E-state index in [0.717, 1.165) is 25.1 Å². The molecule has 3 rings (SSSR count). The molecule has 0 bridgehead atoms. The van der Waals surface area contributed by atoms with Gasteiger partial charge in [-0.05, 0) is 55.1 Å². The van der Waals surface area contributed by atoms with Crippen LogP contribution in [0.5, 0.6) is 5.75 Å². The van der Waals surface area contributed by atoms with Gasteiger partial charge in [-0.25, -0.2) is 0 Å². The van der Waals surface area contributed by atoms with E-state index in [-0.39, 0.29) is 0 Å². The molecule has 0 heterocycles. The molecule has 0 radical (unpaired) electrons. The van der Waals surface area contributed by atoms with Crippen LogP contribution in [-0.4, -0.2) is 19.7 Å². The Morgan fingerprint density at radius 2 is 1.44 bits per heavy atom. The minimum absolute atomic E-state index is 0.420. The molecule has 3 aromatic rings. The number of hydrogen-bond donors (Lipinski definition) is 1. The number of nitrogens with one attached hydrogen (secondary N) is 1. The lowest BCUT2D eigenvalue weighted by molar-refractivity contribution is 0.414. The highest BCUT2D eigenvalue weighted by molar-refractivity contribution is 5.32. The van der Waals surface area contributed by atoms with Crippen LogP contribution >= 0.6 is 0 Å². The first-order chi connectivity index (χ1) is 13.3. The molecule has 1 unspecified atom stereocenters. The fraction of sp³-hybridized carbons (Fsp3) is 0.280. The second-order valence-electron chi connectivity index (χ2n) is 7.07. The highest BCUT2D eigenvalue weighted by Crippen LogP contribution is 2.27. The van der Waals surface area contributed by atoms with Gasteiger partial charge < -0.3 is 10.1 Å². The Balaban J connectivity index is 1.59. The van der Waals surface area contributed by atoms with Crippen molar-refractivity contribution in [1.82, 2.24) is 5.32 Å². The summed E-state index contributed by atoms with van der Waals surface area (Å²) in [6.07, 6.45) is 2.08. The van der Waals surface area contributed by atoms with Crippen LogP contribution in [0.25, 0.3) is 0 Å². The second kappa shape index (κ2) is 9.94. The molecule has 0 saturated carbocycles. The number of methoxy groups -OCH3 is 1. The van der Waals surface area contributed by atoms with Gasteiger partial charge in [0.05, 0.1) is 7.11 Å². The third-order valence-electron chi connectivity index (χ3n) is 5.01. The summed E-state index contributed by atoms with van der Waals surface area (Å²) >= 11 is 0. The first-order valence-electron chi connectivity index (χ1n) is 9.72. The largest absolute Gasteiger partial charge is 0.497 e. The van der Waals surface area contributed by atoms with Crippen LogP contribution in [0, 0.1) is 0 Å². The van der Waals surface area contributed by atoms with Gasteiger partial charge in [-0.1, -0.05) is 72.8 Å². The molecular formula is C25H29NO. The van der Waals surface area contributed by atoms with Gasteiger partial charge in [0, 0.05) is 12.0 Å². The standard InChI is InChI=1S/C25H29NO/c1-20(18-21-10-9-15-24(19-21)27-2)26-17-16-25(22-11-5-3-6-12-22)23-13-7-4-8-14-23/h3-15,19-20,25-26H,16-18H2,1-2H3. The molecule has 0 aromatic heterocycles. The zero-order valence-corrected chi connectivity index (χ0v) is 16.3. The van der Waals surface area contributed by atoms with Crippen molar-refractivity contribution in [2.75, 3.05) is 13.7 Å². The Morgan fingerprint density at radius 1 is 0.815 bits per heavy atom. The van der Waals surface area contributed by atoms with Crippen LogP contribution in [0.3, 0.4) is 0 Å². The Kier molecular flexibility index (Phi) is 7.06. The van der Waals surface area contributed by atoms with E-state index in [1.807, 2.05) is 6.07 Å². The lowest BCUT2D eigenvalue weighted by atomic mass is 9.88. The molecular weight excluding hydrogens is 330 g/mol. The van der Waals surface area contributed by atoms with Crippen LogP contribution in [0.15, 0.2) is 84.9 Å². The van der Waals surface area contributed by atoms with Crippen molar-refractivity contribution >= 4 is 0 Å². The molecule has 0 aliphatic rings. The first-order valence-corrected chi connectivity index (χ1v) is 9.72. The summed E-state index contributed by atoms with van der Waals surface area (Å²) in [5.74, 6) is 1.34. The molecule has 0 aliphatic heterocycles. The summed E-state index contributed by atoms with van der Waals surface area (Å²) in [6.45, 7) is 3.24. The SMILES string of the molecule is COc1cccc(CC(C)NCCC(c2ccccc2)c2ccccc2)c1. The molecule has 0 aliphatic carbocycles. The summed E-state index contributed by atoms with van der Waals surface area (Å²) in [4.78, 5) is 0. The Morgan fingerprint density at radius 3 is 2.04 bits per heavy atom. The van der Waals surface area contributed by atoms with E-state index < -0.39 is 0 Å². The van der Waals surface area contributed by atoms with Gasteiger partial charge in [0.2, 0.25) is 0 Å². The fourth-order valence-corrected chi connectivity index (χ4v) is 3.60. The molecule has 0 amide bonds. The minimum atomic E-state index is 0.420. The monoisotopic (exact) mass is 359 g/mol. The first kappa shape index (κ1) is 19.2. The van der Waals surface area contributed by atoms with Crippen LogP contribution in [-0.2, 0) is 6.42 Å². The predicted octanol–water partition coefficient (Wildman–Crippen LogP) is 5.44. The molecule has 2 nitrogen and oxygen atoms in total. The maximum Gasteiger partial charge on any atom is 0.119 e. The smallest absolute Gasteiger partial charge is 0.119 e. The van der Waals surface area contributed by atoms with Gasteiger partial charge in [0.1, 0.15) is 5.75 Å². The van der Waals surface area contributed by atoms with Crippen molar-refractivity contribution in [3.05, 3.63) is 102 Å². The van der Waals surface area contributed by atoms with E-state index in [1.54, 1.807) is 7.11 Å². The van der Waals surface area contributed by atoms with Crippen molar-refractivity contribution in [2.24, 2.45) is 0 Å². The number of ether oxygens (including phenoxy) is 1. The summed E-state index contributed by atoms with van der Waals surface area (Å²) in [6, 6.07) is 30.4. The van der Waals surface area contributed by atoms with Crippen molar-refractivity contribution in [2.45, 2.75) is 31.7 Å². The third-order valence-corrected chi connectivity index (χ3v) is 5.01. The molecule has 1 N–H and O–H groups in total. The van der Waals surface area contributed by atoms with Crippen LogP contribution < -0.4 is 10.1 Å². The van der Waals surface area contributed by atoms with Crippen molar-refractivity contribution in [3.8, 4) is 5.75 Å². The summed E-state index contributed by atoms with van der Waals surface area (Å²) in [5.41, 5.74) is 4.06. The summed E-state index contributed by atoms with van der Waals surface area (Å²) < 4.78 is 5.33. The lowest BCUT2D eigenvalue weighted by Gasteiger charge is -2.20. The van der Waals surface area contributed by atoms with E-state index in [1.165, 1.54) is 16.7 Å². The van der Waals surface area contributed by atoms with Gasteiger partial charge in [-0.2, -0.15) is 0 Å². The van der Waals surface area contributed by atoms with Gasteiger partial charge in [0.25, 0.3) is 0 Å². The van der Waals surface area contributed by atoms with Crippen molar-refractivity contribution in [3.63, 3.8) is 0 Å². The molecule has 140 valence electrons. The van der Waals surface area contributed by atoms with Gasteiger partial charge in [-0.15, -0.1) is 0 Å². The zero-order chi connectivity index (χ0) is 18.9. The summed E-state index contributed by atoms with van der Waals surface area (Å²) in [5, 5.41) is 3.70. The number of rotatable bonds is 9. The Labute approximate surface area is 163 Å². The molecule has 0 spiro atoms. The Hall–Kier alpha value is -2.58. The molecule has 3 aromatic carbocycles. The van der Waals surface area contributed by atoms with E-state index in [0.29, 0.717) is 12.0 Å². The van der Waals surface area contributed by atoms with Crippen LogP contribution in [0.1, 0.15) is 36.0 Å². The normalized spacial score (nSPS) is 12.1. The summed E-state index contributed by atoms with van der Waals surface area (Å²) in [7, 11) is 1.72. The van der Waals surface area contributed by atoms with Gasteiger partial charge >= 0.3 is 0 Å². The van der Waals surface area contributed by atoms with E-state index in [4.69, 9.17) is 4.74 Å². The van der Waals surface area contributed by atoms with Crippen molar-refractivity contribution in [1.29, 1.82) is 0 Å². The topological polar surface area (TPSA) is 21.3 Å².